The number of hydrogen-bond acceptors (Lipinski definition) is 4. The SMILES string of the molecule is COc1ccc(S(=O)(=O)NC(Cc2ccccc2)C(=O)Nc2cccc(C(F)(F)F)c2)cc1. The Morgan fingerprint density at radius 2 is 1.64 bits per heavy atom. The fraction of sp³-hybridized carbons (Fsp3) is 0.174. The summed E-state index contributed by atoms with van der Waals surface area (Å²) in [6.07, 6.45) is -4.60. The second kappa shape index (κ2) is 10.1. The lowest BCUT2D eigenvalue weighted by Crippen LogP contribution is -2.45. The molecule has 0 saturated carbocycles. The van der Waals surface area contributed by atoms with E-state index >= 15 is 0 Å². The number of anilines is 1. The zero-order valence-electron chi connectivity index (χ0n) is 17.5. The van der Waals surface area contributed by atoms with E-state index < -0.39 is 33.7 Å². The minimum absolute atomic E-state index is 0.0129. The zero-order valence-corrected chi connectivity index (χ0v) is 18.3. The molecule has 10 heteroatoms. The molecule has 174 valence electrons. The van der Waals surface area contributed by atoms with Gasteiger partial charge in [-0.15, -0.1) is 0 Å². The summed E-state index contributed by atoms with van der Waals surface area (Å²) in [6, 6.07) is 17.1. The molecule has 0 spiro atoms. The summed E-state index contributed by atoms with van der Waals surface area (Å²) in [7, 11) is -2.68. The predicted molar refractivity (Wildman–Crippen MR) is 117 cm³/mol. The summed E-state index contributed by atoms with van der Waals surface area (Å²) in [4.78, 5) is 12.9. The van der Waals surface area contributed by atoms with E-state index in [9.17, 15) is 26.4 Å². The molecule has 1 atom stereocenters. The first kappa shape index (κ1) is 24.3. The van der Waals surface area contributed by atoms with Gasteiger partial charge in [0, 0.05) is 5.69 Å². The standard InChI is InChI=1S/C23H21F3N2O4S/c1-32-19-10-12-20(13-11-19)33(30,31)28-21(14-16-6-3-2-4-7-16)22(29)27-18-9-5-8-17(15-18)23(24,25)26/h2-13,15,21,28H,14H2,1H3,(H,27,29). The van der Waals surface area contributed by atoms with E-state index in [1.807, 2.05) is 0 Å². The minimum atomic E-state index is -4.58. The van der Waals surface area contributed by atoms with Crippen LogP contribution >= 0.6 is 0 Å². The highest BCUT2D eigenvalue weighted by Gasteiger charge is 2.31. The van der Waals surface area contributed by atoms with Gasteiger partial charge in [-0.25, -0.2) is 8.42 Å². The van der Waals surface area contributed by atoms with Gasteiger partial charge in [0.05, 0.1) is 17.6 Å². The lowest BCUT2D eigenvalue weighted by atomic mass is 10.1. The quantitative estimate of drug-likeness (QED) is 0.507. The molecule has 0 saturated heterocycles. The lowest BCUT2D eigenvalue weighted by molar-refractivity contribution is -0.137. The smallest absolute Gasteiger partial charge is 0.416 e. The summed E-state index contributed by atoms with van der Waals surface area (Å²) in [5, 5.41) is 2.38. The van der Waals surface area contributed by atoms with Gasteiger partial charge in [-0.2, -0.15) is 17.9 Å². The van der Waals surface area contributed by atoms with Crippen LogP contribution in [0, 0.1) is 0 Å². The molecule has 0 aromatic heterocycles. The van der Waals surface area contributed by atoms with Gasteiger partial charge in [0.15, 0.2) is 0 Å². The molecule has 0 bridgehead atoms. The van der Waals surface area contributed by atoms with Crippen LogP contribution in [0.1, 0.15) is 11.1 Å². The number of ether oxygens (including phenoxy) is 1. The second-order valence-corrected chi connectivity index (χ2v) is 8.82. The number of rotatable bonds is 8. The van der Waals surface area contributed by atoms with Gasteiger partial charge in [-0.1, -0.05) is 36.4 Å². The van der Waals surface area contributed by atoms with E-state index in [0.717, 1.165) is 18.2 Å². The topological polar surface area (TPSA) is 84.5 Å². The first-order chi connectivity index (χ1) is 15.6. The normalized spacial score (nSPS) is 12.7. The van der Waals surface area contributed by atoms with E-state index in [0.29, 0.717) is 11.3 Å². The Bertz CT molecular complexity index is 1200. The van der Waals surface area contributed by atoms with Crippen LogP contribution in [0.15, 0.2) is 83.8 Å². The van der Waals surface area contributed by atoms with Crippen molar-refractivity contribution in [3.63, 3.8) is 0 Å². The van der Waals surface area contributed by atoms with Crippen LogP contribution in [0.5, 0.6) is 5.75 Å². The Balaban J connectivity index is 1.86. The first-order valence-electron chi connectivity index (χ1n) is 9.77. The predicted octanol–water partition coefficient (Wildman–Crippen LogP) is 4.24. The Labute approximate surface area is 189 Å². The summed E-state index contributed by atoms with van der Waals surface area (Å²) >= 11 is 0. The van der Waals surface area contributed by atoms with Gasteiger partial charge >= 0.3 is 6.18 Å². The van der Waals surface area contributed by atoms with Gasteiger partial charge in [0.2, 0.25) is 15.9 Å². The molecule has 2 N–H and O–H groups in total. The van der Waals surface area contributed by atoms with Crippen molar-refractivity contribution in [2.75, 3.05) is 12.4 Å². The first-order valence-corrected chi connectivity index (χ1v) is 11.3. The average molecular weight is 478 g/mol. The third-order valence-corrected chi connectivity index (χ3v) is 6.21. The van der Waals surface area contributed by atoms with Crippen LogP contribution in [0.25, 0.3) is 0 Å². The largest absolute Gasteiger partial charge is 0.497 e. The van der Waals surface area contributed by atoms with E-state index in [2.05, 4.69) is 10.0 Å². The van der Waals surface area contributed by atoms with Crippen LogP contribution in [0.4, 0.5) is 18.9 Å². The monoisotopic (exact) mass is 478 g/mol. The minimum Gasteiger partial charge on any atom is -0.497 e. The van der Waals surface area contributed by atoms with Crippen molar-refractivity contribution in [3.8, 4) is 5.75 Å². The number of carbonyl (C=O) groups excluding carboxylic acids is 1. The highest BCUT2D eigenvalue weighted by Crippen LogP contribution is 2.30. The third-order valence-electron chi connectivity index (χ3n) is 4.72. The van der Waals surface area contributed by atoms with E-state index in [4.69, 9.17) is 4.74 Å². The van der Waals surface area contributed by atoms with Crippen LogP contribution < -0.4 is 14.8 Å². The van der Waals surface area contributed by atoms with Gasteiger partial charge in [0.1, 0.15) is 11.8 Å². The molecule has 33 heavy (non-hydrogen) atoms. The van der Waals surface area contributed by atoms with Gasteiger partial charge in [0.25, 0.3) is 0 Å². The molecule has 0 heterocycles. The molecular weight excluding hydrogens is 457 g/mol. The molecule has 3 aromatic rings. The number of benzene rings is 3. The molecule has 3 rings (SSSR count). The molecule has 6 nitrogen and oxygen atoms in total. The number of sulfonamides is 1. The summed E-state index contributed by atoms with van der Waals surface area (Å²) in [5.41, 5.74) is -0.366. The fourth-order valence-electron chi connectivity index (χ4n) is 3.05. The van der Waals surface area contributed by atoms with Crippen LogP contribution in [0.2, 0.25) is 0 Å². The molecule has 0 aliphatic carbocycles. The summed E-state index contributed by atoms with van der Waals surface area (Å²) < 4.78 is 72.2. The molecule has 0 aliphatic rings. The van der Waals surface area contributed by atoms with Crippen molar-refractivity contribution in [1.82, 2.24) is 4.72 Å². The van der Waals surface area contributed by atoms with E-state index in [1.165, 1.54) is 37.4 Å². The van der Waals surface area contributed by atoms with Gasteiger partial charge in [-0.3, -0.25) is 4.79 Å². The summed E-state index contributed by atoms with van der Waals surface area (Å²) in [6.45, 7) is 0. The van der Waals surface area contributed by atoms with Crippen LogP contribution in [-0.4, -0.2) is 27.5 Å². The molecule has 0 radical (unpaired) electrons. The van der Waals surface area contributed by atoms with Crippen molar-refractivity contribution < 1.29 is 31.1 Å². The number of hydrogen-bond donors (Lipinski definition) is 2. The van der Waals surface area contributed by atoms with Crippen molar-refractivity contribution in [2.45, 2.75) is 23.5 Å². The number of halogens is 3. The number of nitrogens with one attached hydrogen (secondary N) is 2. The highest BCUT2D eigenvalue weighted by atomic mass is 32.2. The second-order valence-electron chi connectivity index (χ2n) is 7.11. The van der Waals surface area contributed by atoms with Crippen molar-refractivity contribution in [3.05, 3.63) is 90.0 Å². The zero-order chi connectivity index (χ0) is 24.1. The van der Waals surface area contributed by atoms with Crippen LogP contribution in [-0.2, 0) is 27.4 Å². The molecule has 3 aromatic carbocycles. The van der Waals surface area contributed by atoms with Gasteiger partial charge in [-0.05, 0) is 54.4 Å². The van der Waals surface area contributed by atoms with E-state index in [-0.39, 0.29) is 17.0 Å². The number of carbonyl (C=O) groups is 1. The molecule has 1 amide bonds. The number of amides is 1. The Morgan fingerprint density at radius 3 is 2.24 bits per heavy atom. The Morgan fingerprint density at radius 1 is 0.970 bits per heavy atom. The molecule has 0 fully saturated rings. The van der Waals surface area contributed by atoms with Gasteiger partial charge < -0.3 is 10.1 Å². The van der Waals surface area contributed by atoms with Crippen LogP contribution in [0.3, 0.4) is 0 Å². The maximum atomic E-state index is 13.0. The highest BCUT2D eigenvalue weighted by molar-refractivity contribution is 7.89. The Kier molecular flexibility index (Phi) is 7.39. The lowest BCUT2D eigenvalue weighted by Gasteiger charge is -2.19. The summed E-state index contributed by atoms with van der Waals surface area (Å²) in [5.74, 6) is -0.340. The fourth-order valence-corrected chi connectivity index (χ4v) is 4.25. The maximum Gasteiger partial charge on any atom is 0.416 e. The molecule has 1 unspecified atom stereocenters. The molecular formula is C23H21F3N2O4S. The number of methoxy groups -OCH3 is 1. The van der Waals surface area contributed by atoms with Crippen molar-refractivity contribution in [1.29, 1.82) is 0 Å². The number of alkyl halides is 3. The van der Waals surface area contributed by atoms with Crippen molar-refractivity contribution >= 4 is 21.6 Å². The van der Waals surface area contributed by atoms with Crippen molar-refractivity contribution in [2.24, 2.45) is 0 Å². The molecule has 0 aliphatic heterocycles. The van der Waals surface area contributed by atoms with E-state index in [1.54, 1.807) is 30.3 Å². The Hall–Kier alpha value is -3.37. The maximum absolute atomic E-state index is 13.0. The third kappa shape index (κ3) is 6.56. The average Bonchev–Trinajstić information content (AvgIpc) is 2.79.